The molecule has 2 aromatic rings. The quantitative estimate of drug-likeness (QED) is 0.0211. The lowest BCUT2D eigenvalue weighted by Gasteiger charge is -2.39. The van der Waals surface area contributed by atoms with E-state index in [0.29, 0.717) is 25.9 Å². The molecule has 2 aromatic heterocycles. The molecular formula is C81H140N6O29P4. The summed E-state index contributed by atoms with van der Waals surface area (Å²) < 4.78 is 153. The number of aliphatic hydroxyl groups is 1. The van der Waals surface area contributed by atoms with Crippen molar-refractivity contribution in [3.05, 3.63) is 70.4 Å². The van der Waals surface area contributed by atoms with E-state index in [1.54, 1.807) is 166 Å². The summed E-state index contributed by atoms with van der Waals surface area (Å²) in [5.41, 5.74) is -3.37. The van der Waals surface area contributed by atoms with E-state index in [1.165, 1.54) is 39.8 Å². The predicted molar refractivity (Wildman–Crippen MR) is 447 cm³/mol. The molecule has 0 spiro atoms. The second kappa shape index (κ2) is 47.6. The normalized spacial score (nSPS) is 13.9. The highest BCUT2D eigenvalue weighted by atomic mass is 31.2. The van der Waals surface area contributed by atoms with Crippen molar-refractivity contribution < 1.29 is 136 Å². The summed E-state index contributed by atoms with van der Waals surface area (Å²) in [4.78, 5) is 97.1. The number of esters is 8. The van der Waals surface area contributed by atoms with Gasteiger partial charge in [0.05, 0.1) is 61.3 Å². The molecule has 39 heteroatoms. The first-order valence-electron chi connectivity index (χ1n) is 39.6. The van der Waals surface area contributed by atoms with Gasteiger partial charge in [-0.15, -0.1) is 10.2 Å². The average Bonchev–Trinajstić information content (AvgIpc) is 0.997. The predicted octanol–water partition coefficient (Wildman–Crippen LogP) is 17.9. The molecule has 0 saturated carbocycles. The summed E-state index contributed by atoms with van der Waals surface area (Å²) >= 11 is 0. The van der Waals surface area contributed by atoms with Crippen LogP contribution in [-0.2, 0) is 157 Å². The van der Waals surface area contributed by atoms with Gasteiger partial charge in [0.2, 0.25) is 54.3 Å². The molecular weight excluding hydrogens is 1640 g/mol. The molecule has 0 aromatic carbocycles. The molecule has 1 N–H and O–H groups in total. The number of aliphatic hydroxyl groups excluding tert-OH is 1. The van der Waals surface area contributed by atoms with Gasteiger partial charge < -0.3 is 43.0 Å². The van der Waals surface area contributed by atoms with E-state index >= 15 is 18.3 Å². The second-order valence-electron chi connectivity index (χ2n) is 37.5. The van der Waals surface area contributed by atoms with Gasteiger partial charge >= 0.3 is 78.1 Å². The van der Waals surface area contributed by atoms with E-state index in [2.05, 4.69) is 53.5 Å². The van der Waals surface area contributed by atoms with Crippen LogP contribution in [0.4, 0.5) is 0 Å². The average molecular weight is 1790 g/mol. The highest BCUT2D eigenvalue weighted by Gasteiger charge is 2.65. The minimum atomic E-state index is -5.14. The third-order valence-electron chi connectivity index (χ3n) is 17.3. The number of rotatable bonds is 46. The number of allylic oxidation sites excluding steroid dienone is 7. The van der Waals surface area contributed by atoms with Gasteiger partial charge in [0.1, 0.15) is 0 Å². The van der Waals surface area contributed by atoms with Crippen LogP contribution in [0, 0.1) is 43.3 Å². The molecule has 120 heavy (non-hydrogen) atoms. The van der Waals surface area contributed by atoms with Gasteiger partial charge in [-0.05, 0) is 253 Å². The monoisotopic (exact) mass is 1780 g/mol. The molecule has 0 amide bonds. The number of carbonyl (C=O) groups excluding carboxylic acids is 8. The van der Waals surface area contributed by atoms with Crippen LogP contribution in [0.1, 0.15) is 271 Å². The van der Waals surface area contributed by atoms with Crippen molar-refractivity contribution in [1.29, 1.82) is 0 Å². The van der Waals surface area contributed by atoms with Crippen LogP contribution in [0.15, 0.2) is 59.0 Å². The van der Waals surface area contributed by atoms with Gasteiger partial charge in [-0.2, -0.15) is 0 Å². The van der Waals surface area contributed by atoms with Gasteiger partial charge in [-0.3, -0.25) is 102 Å². The SMILES string of the molecule is CC(=CCCn1cc(CC(C)(P(=O)(OCOC(=O)C(C)(C)C)OCOC(=O)C(C)(C)C)P(=O)(OCOC(=O)C(C)(C)C)OCOC(=O)C(C)(C)C)nn1)CC/C=C(\C)CO.CC/C(C)=C/CC/C(C)=C\CCn1cc(CC(C)(P(=O)(OCOC(=O)C(C)(C)C)OCOC(=O)C(C)(C)C)P(=O)(OCOC(=O)C(C)(C)C)OCOC(=O)C(C)(C)C)nn1. The fourth-order valence-electron chi connectivity index (χ4n) is 9.01. The Kier molecular flexibility index (Phi) is 44.3. The lowest BCUT2D eigenvalue weighted by Crippen LogP contribution is -2.35. The highest BCUT2D eigenvalue weighted by molar-refractivity contribution is 7.74. The van der Waals surface area contributed by atoms with Gasteiger partial charge in [0.15, 0.2) is 9.79 Å². The molecule has 0 saturated heterocycles. The minimum absolute atomic E-state index is 0.00245. The molecule has 0 atom stereocenters. The zero-order valence-corrected chi connectivity index (χ0v) is 80.5. The van der Waals surface area contributed by atoms with Crippen LogP contribution in [-0.4, -0.2) is 154 Å². The number of hydrogen-bond acceptors (Lipinski definition) is 33. The molecule has 0 radical (unpaired) electrons. The van der Waals surface area contributed by atoms with E-state index in [0.717, 1.165) is 50.2 Å². The maximum absolute atomic E-state index is 15.4. The zero-order valence-electron chi connectivity index (χ0n) is 77.0. The van der Waals surface area contributed by atoms with Crippen LogP contribution < -0.4 is 0 Å². The first-order chi connectivity index (χ1) is 54.6. The number of carbonyl (C=O) groups is 8. The fraction of sp³-hybridized carbons (Fsp3) is 0.753. The summed E-state index contributed by atoms with van der Waals surface area (Å²) in [5, 5.41) is 26.1. The Bertz CT molecular complexity index is 3460. The minimum Gasteiger partial charge on any atom is -0.438 e. The van der Waals surface area contributed by atoms with Crippen molar-refractivity contribution >= 4 is 78.1 Å². The smallest absolute Gasteiger partial charge is 0.354 e. The number of aryl methyl sites for hydroxylation is 2. The number of hydrogen-bond donors (Lipinski definition) is 1. The lowest BCUT2D eigenvalue weighted by atomic mass is 9.98. The van der Waals surface area contributed by atoms with E-state index in [1.807, 2.05) is 26.0 Å². The number of aromatic nitrogens is 6. The molecule has 0 aliphatic rings. The van der Waals surface area contributed by atoms with Crippen LogP contribution in [0.5, 0.6) is 0 Å². The fourth-order valence-corrected chi connectivity index (χ4v) is 18.3. The van der Waals surface area contributed by atoms with Crippen molar-refractivity contribution in [2.45, 2.75) is 295 Å². The van der Waals surface area contributed by atoms with E-state index < -0.39 is 198 Å². The molecule has 0 aliphatic carbocycles. The molecule has 688 valence electrons. The first-order valence-corrected chi connectivity index (χ1v) is 45.8. The van der Waals surface area contributed by atoms with Crippen LogP contribution in [0.3, 0.4) is 0 Å². The topological polar surface area (TPSA) is 434 Å². The summed E-state index contributed by atoms with van der Waals surface area (Å²) in [6, 6.07) is 0. The Morgan fingerprint density at radius 3 is 0.700 bits per heavy atom. The zero-order chi connectivity index (χ0) is 92.8. The van der Waals surface area contributed by atoms with Crippen molar-refractivity contribution in [3.8, 4) is 0 Å². The van der Waals surface area contributed by atoms with Crippen molar-refractivity contribution in [2.24, 2.45) is 43.3 Å². The maximum Gasteiger partial charge on any atom is 0.354 e. The third-order valence-corrected chi connectivity index (χ3v) is 29.2. The van der Waals surface area contributed by atoms with Gasteiger partial charge in [0.25, 0.3) is 0 Å². The molecule has 2 heterocycles. The maximum atomic E-state index is 15.4. The molecule has 35 nitrogen and oxygen atoms in total. The lowest BCUT2D eigenvalue weighted by molar-refractivity contribution is -0.164. The second-order valence-corrected chi connectivity index (χ2v) is 48.2. The van der Waals surface area contributed by atoms with Gasteiger partial charge in [0, 0.05) is 38.3 Å². The number of ether oxygens (including phenoxy) is 8. The summed E-state index contributed by atoms with van der Waals surface area (Å²) in [6.07, 6.45) is 15.7. The largest absolute Gasteiger partial charge is 0.438 e. The Balaban J connectivity index is 0.00000120. The Hall–Kier alpha value is -6.44. The summed E-state index contributed by atoms with van der Waals surface area (Å²) in [7, 11) is -20.5. The van der Waals surface area contributed by atoms with Crippen LogP contribution in [0.25, 0.3) is 0 Å². The van der Waals surface area contributed by atoms with E-state index in [9.17, 15) is 43.5 Å². The molecule has 0 fully saturated rings. The molecule has 2 rings (SSSR count). The van der Waals surface area contributed by atoms with Gasteiger partial charge in [-0.25, -0.2) is 0 Å². The summed E-state index contributed by atoms with van der Waals surface area (Å²) in [6.45, 7) is 43.2. The van der Waals surface area contributed by atoms with E-state index in [4.69, 9.17) is 74.1 Å². The first kappa shape index (κ1) is 112. The van der Waals surface area contributed by atoms with Crippen molar-refractivity contribution in [3.63, 3.8) is 0 Å². The Morgan fingerprint density at radius 2 is 0.517 bits per heavy atom. The molecule has 0 aliphatic heterocycles. The van der Waals surface area contributed by atoms with Gasteiger partial charge in [-0.1, -0.05) is 63.9 Å². The van der Waals surface area contributed by atoms with Crippen LogP contribution in [0.2, 0.25) is 0 Å². The highest BCUT2D eigenvalue weighted by Crippen LogP contribution is 2.80. The molecule has 0 unspecified atom stereocenters. The van der Waals surface area contributed by atoms with Crippen molar-refractivity contribution in [1.82, 2.24) is 30.0 Å². The summed E-state index contributed by atoms with van der Waals surface area (Å²) in [5.74, 6) is -5.98. The Morgan fingerprint density at radius 1 is 0.325 bits per heavy atom. The third kappa shape index (κ3) is 37.9. The van der Waals surface area contributed by atoms with Crippen molar-refractivity contribution in [2.75, 3.05) is 61.0 Å². The van der Waals surface area contributed by atoms with E-state index in [-0.39, 0.29) is 18.0 Å². The molecule has 0 bridgehead atoms. The number of nitrogens with zero attached hydrogens (tertiary/aromatic N) is 6. The van der Waals surface area contributed by atoms with Crippen LogP contribution >= 0.6 is 30.4 Å². The Labute approximate surface area is 710 Å². The standard InChI is InChI=1S/C41H71N3O14P2.C40H69N3O15P2/c1-17-30(2)20-18-21-31(3)22-19-23-44-25-32(42-43-44)24-41(16,59(49,55-26-51-33(45)37(4,5)6)56-27-52-34(46)38(7,8)9)60(50,57-28-53-35(47)39(10,11)12)58-29-54-36(48)40(13,14)15;1-29(18-16-19-30(2)24-44)20-17-21-43-23-31(41-42-43)22-40(15,59(49,55-25-51-32(45)36(3,4)5)56-26-52-33(46)37(6,7)8)60(50,57-27-53-34(47)38(9,10)11)58-28-54-35(48)39(12,13)14/h20,22,25H,17-19,21,23-24,26-29H2,1-16H3;19-20,23,44H,16-18,21-22,24-28H2,1-15H3/b30-20+,31-22-;29-20?,30-19+.